The molecule has 0 N–H and O–H groups in total. The van der Waals surface area contributed by atoms with Crippen LogP contribution in [-0.2, 0) is 0 Å². The first-order valence-electron chi connectivity index (χ1n) is 6.02. The summed E-state index contributed by atoms with van der Waals surface area (Å²) in [5.41, 5.74) is 2.16. The van der Waals surface area contributed by atoms with Crippen LogP contribution in [0.4, 0.5) is 11.6 Å². The molecular weight excluding hydrogens is 272 g/mol. The van der Waals surface area contributed by atoms with Crippen molar-refractivity contribution in [3.05, 3.63) is 53.9 Å². The van der Waals surface area contributed by atoms with Gasteiger partial charge in [-0.1, -0.05) is 11.6 Å². The first-order chi connectivity index (χ1) is 9.63. The van der Waals surface area contributed by atoms with E-state index in [4.69, 9.17) is 11.6 Å². The van der Waals surface area contributed by atoms with Crippen LogP contribution in [-0.4, -0.2) is 21.0 Å². The molecule has 4 nitrogen and oxygen atoms in total. The summed E-state index contributed by atoms with van der Waals surface area (Å²) in [4.78, 5) is 16.4. The molecule has 0 unspecified atom stereocenters. The van der Waals surface area contributed by atoms with Crippen LogP contribution in [0.3, 0.4) is 0 Å². The molecule has 0 radical (unpaired) electrons. The van der Waals surface area contributed by atoms with E-state index in [0.717, 1.165) is 11.1 Å². The average Bonchev–Trinajstić information content (AvgIpc) is 2.38. The maximum Gasteiger partial charge on any atom is 0.161 e. The molecule has 0 saturated heterocycles. The molecule has 2 aromatic rings. The largest absolute Gasteiger partial charge is 0.237 e. The first kappa shape index (κ1) is 14.1. The van der Waals surface area contributed by atoms with Crippen LogP contribution in [0.2, 0.25) is 0 Å². The van der Waals surface area contributed by atoms with Crippen molar-refractivity contribution in [3.8, 4) is 0 Å². The van der Waals surface area contributed by atoms with Gasteiger partial charge in [-0.3, -0.25) is 0 Å². The van der Waals surface area contributed by atoms with E-state index in [1.807, 2.05) is 38.1 Å². The van der Waals surface area contributed by atoms with Crippen LogP contribution >= 0.6 is 11.6 Å². The van der Waals surface area contributed by atoms with Crippen molar-refractivity contribution in [1.82, 2.24) is 9.97 Å². The summed E-state index contributed by atoms with van der Waals surface area (Å²) < 4.78 is 0. The van der Waals surface area contributed by atoms with Crippen LogP contribution in [0.1, 0.15) is 11.1 Å². The van der Waals surface area contributed by atoms with E-state index in [1.54, 1.807) is 12.4 Å². The molecule has 0 aromatic carbocycles. The number of hydrogen-bond acceptors (Lipinski definition) is 4. The molecule has 0 aliphatic carbocycles. The summed E-state index contributed by atoms with van der Waals surface area (Å²) in [7, 11) is 0. The summed E-state index contributed by atoms with van der Waals surface area (Å²) in [6.45, 7) is 3.94. The smallest absolute Gasteiger partial charge is 0.161 e. The maximum absolute atomic E-state index is 5.98. The molecule has 0 fully saturated rings. The molecule has 0 bridgehead atoms. The van der Waals surface area contributed by atoms with Crippen molar-refractivity contribution in [3.63, 3.8) is 0 Å². The molecule has 20 heavy (non-hydrogen) atoms. The minimum Gasteiger partial charge on any atom is -0.237 e. The van der Waals surface area contributed by atoms with Gasteiger partial charge in [-0.05, 0) is 55.1 Å². The van der Waals surface area contributed by atoms with Gasteiger partial charge < -0.3 is 0 Å². The third-order valence-corrected chi connectivity index (χ3v) is 2.58. The predicted octanol–water partition coefficient (Wildman–Crippen LogP) is 3.92. The van der Waals surface area contributed by atoms with Crippen LogP contribution in [0.5, 0.6) is 0 Å². The van der Waals surface area contributed by atoms with Crippen LogP contribution in [0.25, 0.3) is 0 Å². The van der Waals surface area contributed by atoms with E-state index in [-0.39, 0.29) is 5.17 Å². The van der Waals surface area contributed by atoms with E-state index in [9.17, 15) is 0 Å². The van der Waals surface area contributed by atoms with Gasteiger partial charge in [-0.25, -0.2) is 15.0 Å². The maximum atomic E-state index is 5.98. The lowest BCUT2D eigenvalue weighted by Gasteiger charge is -1.94. The van der Waals surface area contributed by atoms with E-state index < -0.39 is 0 Å². The van der Waals surface area contributed by atoms with Gasteiger partial charge in [-0.2, -0.15) is 4.99 Å². The number of allylic oxidation sites excluding steroid dienone is 1. The Labute approximate surface area is 122 Å². The molecule has 0 saturated carbocycles. The van der Waals surface area contributed by atoms with Gasteiger partial charge in [0.25, 0.3) is 0 Å². The second kappa shape index (κ2) is 6.75. The van der Waals surface area contributed by atoms with E-state index >= 15 is 0 Å². The normalized spacial score (nSPS) is 10.8. The van der Waals surface area contributed by atoms with Gasteiger partial charge in [0.15, 0.2) is 11.6 Å². The zero-order valence-electron chi connectivity index (χ0n) is 11.2. The summed E-state index contributed by atoms with van der Waals surface area (Å²) >= 11 is 5.98. The zero-order chi connectivity index (χ0) is 14.4. The Balaban J connectivity index is 2.14. The molecule has 2 rings (SSSR count). The number of aromatic nitrogens is 2. The standard InChI is InChI=1S/C15H13ClN4/c1-11-3-6-17-14(9-11)18-8-5-13(16)20-15-10-12(2)4-7-19-15/h3-7,9-10H,1-2H3. The highest BCUT2D eigenvalue weighted by atomic mass is 35.5. The van der Waals surface area contributed by atoms with Crippen LogP contribution in [0.15, 0.2) is 52.7 Å². The molecule has 2 heterocycles. The van der Waals surface area contributed by atoms with Gasteiger partial charge >= 0.3 is 0 Å². The first-order valence-corrected chi connectivity index (χ1v) is 6.40. The van der Waals surface area contributed by atoms with E-state index in [1.165, 1.54) is 6.08 Å². The minimum atomic E-state index is 0.263. The lowest BCUT2D eigenvalue weighted by atomic mass is 10.3. The van der Waals surface area contributed by atoms with E-state index in [2.05, 4.69) is 25.8 Å². The lowest BCUT2D eigenvalue weighted by molar-refractivity contribution is 1.25. The van der Waals surface area contributed by atoms with Crippen LogP contribution < -0.4 is 0 Å². The molecule has 0 aliphatic rings. The number of rotatable bonds is 3. The molecule has 100 valence electrons. The second-order valence-electron chi connectivity index (χ2n) is 4.20. The third kappa shape index (κ3) is 4.43. The second-order valence-corrected chi connectivity index (χ2v) is 4.59. The number of hydrogen-bond donors (Lipinski definition) is 0. The lowest BCUT2D eigenvalue weighted by Crippen LogP contribution is -1.82. The molecule has 5 heteroatoms. The van der Waals surface area contributed by atoms with Gasteiger partial charge in [0, 0.05) is 18.5 Å². The Morgan fingerprint density at radius 2 is 1.70 bits per heavy atom. The number of aryl methyl sites for hydroxylation is 2. The Bertz CT molecular complexity index is 701. The Hall–Kier alpha value is -2.29. The van der Waals surface area contributed by atoms with Crippen molar-refractivity contribution in [2.75, 3.05) is 0 Å². The number of nitrogens with zero attached hydrogens (tertiary/aromatic N) is 4. The van der Waals surface area contributed by atoms with Gasteiger partial charge in [-0.15, -0.1) is 0 Å². The summed E-state index contributed by atoms with van der Waals surface area (Å²) in [6, 6.07) is 7.50. The molecular formula is C15H13ClN4. The van der Waals surface area contributed by atoms with Gasteiger partial charge in [0.05, 0.1) is 0 Å². The monoisotopic (exact) mass is 284 g/mol. The Morgan fingerprint density at radius 3 is 2.35 bits per heavy atom. The Morgan fingerprint density at radius 1 is 1.10 bits per heavy atom. The predicted molar refractivity (Wildman–Crippen MR) is 82.6 cm³/mol. The minimum absolute atomic E-state index is 0.263. The fourth-order valence-corrected chi connectivity index (χ4v) is 1.59. The highest BCUT2D eigenvalue weighted by Crippen LogP contribution is 2.11. The van der Waals surface area contributed by atoms with Crippen molar-refractivity contribution < 1.29 is 0 Å². The molecule has 0 aliphatic heterocycles. The van der Waals surface area contributed by atoms with Crippen molar-refractivity contribution in [1.29, 1.82) is 0 Å². The average molecular weight is 285 g/mol. The summed E-state index contributed by atoms with van der Waals surface area (Å²) in [5, 5.41) is 0.263. The molecule has 0 amide bonds. The fourth-order valence-electron chi connectivity index (χ4n) is 1.46. The Kier molecular flexibility index (Phi) is 4.77. The SMILES string of the molecule is Cc1ccnc(N=C=CC(Cl)=Nc2cc(C)ccn2)c1. The molecule has 2 aromatic heterocycles. The van der Waals surface area contributed by atoms with Gasteiger partial charge in [0.2, 0.25) is 0 Å². The topological polar surface area (TPSA) is 50.5 Å². The number of aliphatic imine (C=N–C) groups is 2. The van der Waals surface area contributed by atoms with Crippen molar-refractivity contribution >= 4 is 34.3 Å². The van der Waals surface area contributed by atoms with E-state index in [0.29, 0.717) is 11.6 Å². The van der Waals surface area contributed by atoms with Crippen molar-refractivity contribution in [2.45, 2.75) is 13.8 Å². The zero-order valence-corrected chi connectivity index (χ0v) is 12.0. The third-order valence-electron chi connectivity index (χ3n) is 2.39. The number of pyridine rings is 2. The fraction of sp³-hybridized carbons (Fsp3) is 0.133. The molecule has 0 spiro atoms. The highest BCUT2D eigenvalue weighted by molar-refractivity contribution is 6.69. The van der Waals surface area contributed by atoms with Crippen LogP contribution in [0, 0.1) is 13.8 Å². The van der Waals surface area contributed by atoms with Gasteiger partial charge in [0.1, 0.15) is 5.17 Å². The van der Waals surface area contributed by atoms with Crippen molar-refractivity contribution in [2.24, 2.45) is 9.98 Å². The number of halogens is 1. The quantitative estimate of drug-likeness (QED) is 0.802. The highest BCUT2D eigenvalue weighted by Gasteiger charge is 1.93. The summed E-state index contributed by atoms with van der Waals surface area (Å²) in [6.07, 6.45) is 4.87. The summed E-state index contributed by atoms with van der Waals surface area (Å²) in [5.74, 6) is 3.85. The molecule has 0 atom stereocenters.